The number of phenols is 2. The molecule has 0 spiro atoms. The second-order valence-electron chi connectivity index (χ2n) is 11.3. The van der Waals surface area contributed by atoms with Gasteiger partial charge in [0.15, 0.2) is 0 Å². The molecule has 2 atom stereocenters. The van der Waals surface area contributed by atoms with Crippen LogP contribution in [0.5, 0.6) is 11.5 Å². The number of ether oxygens (including phenoxy) is 1. The lowest BCUT2D eigenvalue weighted by atomic mass is 9.98. The highest BCUT2D eigenvalue weighted by molar-refractivity contribution is 5.92. The van der Waals surface area contributed by atoms with E-state index in [1.165, 1.54) is 23.1 Å². The van der Waals surface area contributed by atoms with Crippen molar-refractivity contribution < 1.29 is 29.3 Å². The molecule has 40 heavy (non-hydrogen) atoms. The summed E-state index contributed by atoms with van der Waals surface area (Å²) in [6.07, 6.45) is 2.78. The van der Waals surface area contributed by atoms with E-state index in [1.54, 1.807) is 51.1 Å². The summed E-state index contributed by atoms with van der Waals surface area (Å²) in [4.78, 5) is 42.3. The van der Waals surface area contributed by atoms with E-state index in [0.717, 1.165) is 19.3 Å². The number of carbonyl (C=O) groups excluding carboxylic acids is 3. The van der Waals surface area contributed by atoms with Crippen LogP contribution in [-0.2, 0) is 20.7 Å². The van der Waals surface area contributed by atoms with Gasteiger partial charge in [0.25, 0.3) is 0 Å². The third-order valence-corrected chi connectivity index (χ3v) is 6.12. The normalized spacial score (nSPS) is 12.9. The summed E-state index contributed by atoms with van der Waals surface area (Å²) in [6, 6.07) is 10.4. The van der Waals surface area contributed by atoms with Crippen molar-refractivity contribution in [3.8, 4) is 11.5 Å². The molecule has 4 N–H and O–H groups in total. The standard InChI is InChI=1S/C31H45N3O6/c1-7-8-9-12-19-34(27(28(37)32-21(2)3)24-13-10-11-14-26(24)36)29(38)25(33-30(39)40-31(4,5)6)20-22-15-17-23(35)18-16-22/h10-11,13-18,21,25,27,35-36H,7-9,12,19-20H2,1-6H3,(H,32,37)(H,33,39). The summed E-state index contributed by atoms with van der Waals surface area (Å²) >= 11 is 0. The fourth-order valence-electron chi connectivity index (χ4n) is 4.33. The van der Waals surface area contributed by atoms with E-state index >= 15 is 0 Å². The molecule has 0 bridgehead atoms. The molecule has 2 unspecified atom stereocenters. The number of unbranched alkanes of at least 4 members (excludes halogenated alkanes) is 3. The van der Waals surface area contributed by atoms with Gasteiger partial charge in [0, 0.05) is 24.6 Å². The molecule has 0 saturated heterocycles. The number of phenolic OH excluding ortho intramolecular Hbond substituents is 2. The van der Waals surface area contributed by atoms with Gasteiger partial charge in [-0.25, -0.2) is 4.79 Å². The van der Waals surface area contributed by atoms with E-state index in [0.29, 0.717) is 17.5 Å². The van der Waals surface area contributed by atoms with Crippen molar-refractivity contribution in [2.45, 2.75) is 97.4 Å². The number of para-hydroxylation sites is 1. The molecule has 2 aromatic carbocycles. The first-order chi connectivity index (χ1) is 18.8. The third-order valence-electron chi connectivity index (χ3n) is 6.12. The lowest BCUT2D eigenvalue weighted by Crippen LogP contribution is -2.54. The Labute approximate surface area is 237 Å². The SMILES string of the molecule is CCCCCCN(C(=O)C(Cc1ccc(O)cc1)NC(=O)OC(C)(C)C)C(C(=O)NC(C)C)c1ccccc1O. The predicted octanol–water partition coefficient (Wildman–Crippen LogP) is 5.21. The maximum atomic E-state index is 14.3. The van der Waals surface area contributed by atoms with E-state index in [4.69, 9.17) is 4.74 Å². The quantitative estimate of drug-likeness (QED) is 0.251. The van der Waals surface area contributed by atoms with Gasteiger partial charge in [0.1, 0.15) is 29.2 Å². The lowest BCUT2D eigenvalue weighted by molar-refractivity contribution is -0.142. The van der Waals surface area contributed by atoms with Gasteiger partial charge in [0.2, 0.25) is 11.8 Å². The van der Waals surface area contributed by atoms with Gasteiger partial charge in [-0.1, -0.05) is 56.5 Å². The Morgan fingerprint density at radius 2 is 1.57 bits per heavy atom. The van der Waals surface area contributed by atoms with Crippen LogP contribution in [0.2, 0.25) is 0 Å². The van der Waals surface area contributed by atoms with Crippen molar-refractivity contribution in [1.82, 2.24) is 15.5 Å². The summed E-state index contributed by atoms with van der Waals surface area (Å²) in [6.45, 7) is 11.2. The summed E-state index contributed by atoms with van der Waals surface area (Å²) in [5.74, 6) is -0.939. The number of hydrogen-bond donors (Lipinski definition) is 4. The van der Waals surface area contributed by atoms with E-state index in [9.17, 15) is 24.6 Å². The highest BCUT2D eigenvalue weighted by Gasteiger charge is 2.37. The molecule has 0 heterocycles. The molecule has 220 valence electrons. The van der Waals surface area contributed by atoms with Crippen molar-refractivity contribution in [2.24, 2.45) is 0 Å². The zero-order valence-electron chi connectivity index (χ0n) is 24.6. The first-order valence-corrected chi connectivity index (χ1v) is 14.0. The average Bonchev–Trinajstić information content (AvgIpc) is 2.85. The lowest BCUT2D eigenvalue weighted by Gasteiger charge is -2.35. The summed E-state index contributed by atoms with van der Waals surface area (Å²) in [7, 11) is 0. The number of nitrogens with zero attached hydrogens (tertiary/aromatic N) is 1. The van der Waals surface area contributed by atoms with Crippen LogP contribution in [0.15, 0.2) is 48.5 Å². The molecule has 0 aliphatic heterocycles. The Balaban J connectivity index is 2.56. The monoisotopic (exact) mass is 555 g/mol. The Morgan fingerprint density at radius 3 is 2.15 bits per heavy atom. The summed E-state index contributed by atoms with van der Waals surface area (Å²) in [5.41, 5.74) is 0.208. The predicted molar refractivity (Wildman–Crippen MR) is 155 cm³/mol. The highest BCUT2D eigenvalue weighted by Crippen LogP contribution is 2.30. The fourth-order valence-corrected chi connectivity index (χ4v) is 4.33. The van der Waals surface area contributed by atoms with E-state index in [1.807, 2.05) is 13.8 Å². The first-order valence-electron chi connectivity index (χ1n) is 14.0. The van der Waals surface area contributed by atoms with Crippen LogP contribution < -0.4 is 10.6 Å². The number of aromatic hydroxyl groups is 2. The number of hydrogen-bond acceptors (Lipinski definition) is 6. The van der Waals surface area contributed by atoms with Gasteiger partial charge in [0.05, 0.1) is 0 Å². The van der Waals surface area contributed by atoms with Crippen LogP contribution in [0.4, 0.5) is 4.79 Å². The molecule has 0 fully saturated rings. The Bertz CT molecular complexity index is 1110. The van der Waals surface area contributed by atoms with E-state index in [2.05, 4.69) is 17.6 Å². The van der Waals surface area contributed by atoms with Crippen LogP contribution in [-0.4, -0.2) is 57.3 Å². The minimum atomic E-state index is -1.12. The summed E-state index contributed by atoms with van der Waals surface area (Å²) < 4.78 is 5.45. The summed E-state index contributed by atoms with van der Waals surface area (Å²) in [5, 5.41) is 26.1. The number of nitrogens with one attached hydrogen (secondary N) is 2. The zero-order chi connectivity index (χ0) is 29.9. The highest BCUT2D eigenvalue weighted by atomic mass is 16.6. The number of rotatable bonds is 13. The van der Waals surface area contributed by atoms with Gasteiger partial charge in [-0.15, -0.1) is 0 Å². The Kier molecular flexibility index (Phi) is 12.3. The maximum absolute atomic E-state index is 14.3. The molecule has 2 rings (SSSR count). The molecular formula is C31H45N3O6. The van der Waals surface area contributed by atoms with E-state index in [-0.39, 0.29) is 30.5 Å². The van der Waals surface area contributed by atoms with Crippen LogP contribution in [0.25, 0.3) is 0 Å². The second kappa shape index (κ2) is 15.1. The van der Waals surface area contributed by atoms with Gasteiger partial charge in [-0.3, -0.25) is 9.59 Å². The van der Waals surface area contributed by atoms with Gasteiger partial charge in [-0.05, 0) is 64.8 Å². The minimum Gasteiger partial charge on any atom is -0.508 e. The smallest absolute Gasteiger partial charge is 0.408 e. The maximum Gasteiger partial charge on any atom is 0.408 e. The van der Waals surface area contributed by atoms with Crippen LogP contribution in [0, 0.1) is 0 Å². The van der Waals surface area contributed by atoms with Gasteiger partial charge in [-0.2, -0.15) is 0 Å². The second-order valence-corrected chi connectivity index (χ2v) is 11.3. The number of amides is 3. The van der Waals surface area contributed by atoms with Crippen molar-refractivity contribution >= 4 is 17.9 Å². The van der Waals surface area contributed by atoms with Gasteiger partial charge >= 0.3 is 6.09 Å². The van der Waals surface area contributed by atoms with Crippen LogP contribution >= 0.6 is 0 Å². The Morgan fingerprint density at radius 1 is 0.925 bits per heavy atom. The van der Waals surface area contributed by atoms with E-state index < -0.39 is 35.6 Å². The van der Waals surface area contributed by atoms with Crippen LogP contribution in [0.3, 0.4) is 0 Å². The topological polar surface area (TPSA) is 128 Å². The molecular weight excluding hydrogens is 510 g/mol. The number of carbonyl (C=O) groups is 3. The van der Waals surface area contributed by atoms with Crippen molar-refractivity contribution in [3.05, 3.63) is 59.7 Å². The minimum absolute atomic E-state index is 0.0780. The Hall–Kier alpha value is -3.75. The van der Waals surface area contributed by atoms with Gasteiger partial charge < -0.3 is 30.5 Å². The fraction of sp³-hybridized carbons (Fsp3) is 0.516. The third kappa shape index (κ3) is 10.4. The first kappa shape index (κ1) is 32.5. The molecule has 2 aromatic rings. The molecule has 0 aromatic heterocycles. The molecule has 0 radical (unpaired) electrons. The average molecular weight is 556 g/mol. The molecule has 0 saturated carbocycles. The molecule has 9 nitrogen and oxygen atoms in total. The number of benzene rings is 2. The zero-order valence-corrected chi connectivity index (χ0v) is 24.6. The molecule has 3 amide bonds. The molecule has 0 aliphatic rings. The van der Waals surface area contributed by atoms with Crippen molar-refractivity contribution in [2.75, 3.05) is 6.54 Å². The molecule has 0 aliphatic carbocycles. The molecule has 9 heteroatoms. The van der Waals surface area contributed by atoms with Crippen LogP contribution in [0.1, 0.15) is 84.4 Å². The van der Waals surface area contributed by atoms with Crippen molar-refractivity contribution in [1.29, 1.82) is 0 Å². The number of alkyl carbamates (subject to hydrolysis) is 1. The van der Waals surface area contributed by atoms with Crippen molar-refractivity contribution in [3.63, 3.8) is 0 Å². The largest absolute Gasteiger partial charge is 0.508 e.